The van der Waals surface area contributed by atoms with E-state index in [1.165, 1.54) is 0 Å². The molecule has 0 radical (unpaired) electrons. The van der Waals surface area contributed by atoms with Crippen LogP contribution in [0.15, 0.2) is 16.7 Å². The quantitative estimate of drug-likeness (QED) is 0.811. The lowest BCUT2D eigenvalue weighted by Gasteiger charge is -2.31. The monoisotopic (exact) mass is 271 g/mol. The number of nitrogens with two attached hydrogens (primary N) is 1. The molecule has 1 aliphatic heterocycles. The van der Waals surface area contributed by atoms with Crippen LogP contribution in [0.1, 0.15) is 12.8 Å². The number of aliphatic hydroxyl groups excluding tert-OH is 1. The van der Waals surface area contributed by atoms with E-state index in [2.05, 4.69) is 25.8 Å². The van der Waals surface area contributed by atoms with Gasteiger partial charge in [0.1, 0.15) is 5.82 Å². The fourth-order valence-electron chi connectivity index (χ4n) is 1.77. The second-order valence-corrected chi connectivity index (χ2v) is 4.66. The summed E-state index contributed by atoms with van der Waals surface area (Å²) < 4.78 is 0.854. The van der Waals surface area contributed by atoms with E-state index in [-0.39, 0.29) is 6.10 Å². The van der Waals surface area contributed by atoms with Gasteiger partial charge in [0.05, 0.1) is 18.0 Å². The topological polar surface area (TPSA) is 62.4 Å². The fourth-order valence-corrected chi connectivity index (χ4v) is 2.07. The summed E-state index contributed by atoms with van der Waals surface area (Å²) in [7, 11) is 0. The van der Waals surface area contributed by atoms with Crippen molar-refractivity contribution in [3.05, 3.63) is 16.7 Å². The average Bonchev–Trinajstić information content (AvgIpc) is 2.22. The number of hydrogen-bond acceptors (Lipinski definition) is 4. The highest BCUT2D eigenvalue weighted by atomic mass is 79.9. The van der Waals surface area contributed by atoms with E-state index in [4.69, 9.17) is 5.73 Å². The van der Waals surface area contributed by atoms with Crippen LogP contribution < -0.4 is 10.6 Å². The van der Waals surface area contributed by atoms with Crippen molar-refractivity contribution < 1.29 is 5.11 Å². The summed E-state index contributed by atoms with van der Waals surface area (Å²) in [5.74, 6) is 0.870. The number of anilines is 2. The first-order valence-corrected chi connectivity index (χ1v) is 5.80. The van der Waals surface area contributed by atoms with Crippen molar-refractivity contribution in [1.82, 2.24) is 4.98 Å². The van der Waals surface area contributed by atoms with Crippen LogP contribution in [-0.4, -0.2) is 29.3 Å². The van der Waals surface area contributed by atoms with Crippen molar-refractivity contribution >= 4 is 27.4 Å². The molecule has 2 rings (SSSR count). The number of hydrogen-bond donors (Lipinski definition) is 2. The Balaban J connectivity index is 2.18. The smallest absolute Gasteiger partial charge is 0.129 e. The number of nitrogen functional groups attached to an aromatic ring is 1. The Morgan fingerprint density at radius 2 is 2.40 bits per heavy atom. The first-order valence-electron chi connectivity index (χ1n) is 5.01. The van der Waals surface area contributed by atoms with Crippen molar-refractivity contribution in [2.75, 3.05) is 23.7 Å². The predicted molar refractivity (Wildman–Crippen MR) is 63.8 cm³/mol. The predicted octanol–water partition coefficient (Wildman–Crippen LogP) is 1.39. The van der Waals surface area contributed by atoms with Crippen LogP contribution in [0, 0.1) is 0 Å². The highest BCUT2D eigenvalue weighted by Crippen LogP contribution is 2.25. The van der Waals surface area contributed by atoms with Gasteiger partial charge in [-0.25, -0.2) is 4.98 Å². The molecule has 3 N–H and O–H groups in total. The van der Waals surface area contributed by atoms with Crippen molar-refractivity contribution in [1.29, 1.82) is 0 Å². The summed E-state index contributed by atoms with van der Waals surface area (Å²) in [5.41, 5.74) is 6.30. The Labute approximate surface area is 97.2 Å². The molecular weight excluding hydrogens is 258 g/mol. The van der Waals surface area contributed by atoms with Crippen molar-refractivity contribution in [3.8, 4) is 0 Å². The van der Waals surface area contributed by atoms with Gasteiger partial charge in [0.15, 0.2) is 0 Å². The van der Waals surface area contributed by atoms with E-state index < -0.39 is 0 Å². The molecule has 0 bridgehead atoms. The van der Waals surface area contributed by atoms with Crippen molar-refractivity contribution in [2.24, 2.45) is 0 Å². The summed E-state index contributed by atoms with van der Waals surface area (Å²) >= 11 is 3.37. The zero-order valence-electron chi connectivity index (χ0n) is 8.36. The maximum atomic E-state index is 9.56. The van der Waals surface area contributed by atoms with E-state index in [1.54, 1.807) is 6.20 Å². The molecule has 15 heavy (non-hydrogen) atoms. The Hall–Kier alpha value is -0.810. The van der Waals surface area contributed by atoms with Crippen molar-refractivity contribution in [3.63, 3.8) is 0 Å². The molecule has 1 aliphatic rings. The van der Waals surface area contributed by atoms with Crippen LogP contribution in [0.5, 0.6) is 0 Å². The molecule has 0 amide bonds. The SMILES string of the molecule is Nc1cnc(N2CCCC(O)C2)cc1Br. The first kappa shape index (κ1) is 10.7. The minimum atomic E-state index is -0.239. The van der Waals surface area contributed by atoms with Gasteiger partial charge >= 0.3 is 0 Å². The molecule has 0 aliphatic carbocycles. The molecule has 5 heteroatoms. The summed E-state index contributed by atoms with van der Waals surface area (Å²) in [6, 6.07) is 1.90. The van der Waals surface area contributed by atoms with Gasteiger partial charge in [-0.2, -0.15) is 0 Å². The average molecular weight is 272 g/mol. The highest BCUT2D eigenvalue weighted by Gasteiger charge is 2.19. The minimum absolute atomic E-state index is 0.239. The lowest BCUT2D eigenvalue weighted by atomic mass is 10.1. The minimum Gasteiger partial charge on any atom is -0.397 e. The lowest BCUT2D eigenvalue weighted by Crippen LogP contribution is -2.38. The molecule has 1 fully saturated rings. The molecule has 4 nitrogen and oxygen atoms in total. The zero-order valence-corrected chi connectivity index (χ0v) is 9.94. The number of halogens is 1. The standard InChI is InChI=1S/C10H14BrN3O/c11-8-4-10(13-5-9(8)12)14-3-1-2-7(15)6-14/h4-5,7,15H,1-3,6,12H2. The number of pyridine rings is 1. The lowest BCUT2D eigenvalue weighted by molar-refractivity contribution is 0.154. The molecule has 1 aromatic heterocycles. The molecule has 1 aromatic rings. The summed E-state index contributed by atoms with van der Waals surface area (Å²) in [4.78, 5) is 6.34. The van der Waals surface area contributed by atoms with Crippen LogP contribution in [0.25, 0.3) is 0 Å². The normalized spacial score (nSPS) is 21.7. The number of rotatable bonds is 1. The van der Waals surface area contributed by atoms with Gasteiger partial charge in [-0.1, -0.05) is 0 Å². The Bertz CT molecular complexity index is 359. The Morgan fingerprint density at radius 3 is 3.07 bits per heavy atom. The summed E-state index contributed by atoms with van der Waals surface area (Å²) in [5, 5.41) is 9.56. The van der Waals surface area contributed by atoms with E-state index >= 15 is 0 Å². The summed E-state index contributed by atoms with van der Waals surface area (Å²) in [6.45, 7) is 1.60. The third kappa shape index (κ3) is 2.41. The number of aromatic nitrogens is 1. The maximum Gasteiger partial charge on any atom is 0.129 e. The van der Waals surface area contributed by atoms with Gasteiger partial charge in [-0.15, -0.1) is 0 Å². The summed E-state index contributed by atoms with van der Waals surface area (Å²) in [6.07, 6.45) is 3.29. The van der Waals surface area contributed by atoms with Crippen LogP contribution in [-0.2, 0) is 0 Å². The molecule has 0 spiro atoms. The zero-order chi connectivity index (χ0) is 10.8. The molecule has 82 valence electrons. The molecule has 0 aromatic carbocycles. The van der Waals surface area contributed by atoms with Gasteiger partial charge < -0.3 is 15.7 Å². The third-order valence-corrected chi connectivity index (χ3v) is 3.27. The second-order valence-electron chi connectivity index (χ2n) is 3.81. The fraction of sp³-hybridized carbons (Fsp3) is 0.500. The molecule has 2 heterocycles. The van der Waals surface area contributed by atoms with Gasteiger partial charge in [-0.3, -0.25) is 0 Å². The van der Waals surface area contributed by atoms with Crippen LogP contribution in [0.2, 0.25) is 0 Å². The van der Waals surface area contributed by atoms with Crippen LogP contribution in [0.4, 0.5) is 11.5 Å². The number of aliphatic hydroxyl groups is 1. The molecular formula is C10H14BrN3O. The third-order valence-electron chi connectivity index (χ3n) is 2.59. The molecule has 1 unspecified atom stereocenters. The van der Waals surface area contributed by atoms with Gasteiger partial charge in [0.2, 0.25) is 0 Å². The van der Waals surface area contributed by atoms with E-state index in [0.29, 0.717) is 12.2 Å². The van der Waals surface area contributed by atoms with Crippen LogP contribution >= 0.6 is 15.9 Å². The number of β-amino-alcohol motifs (C(OH)–C–C–N with tert-alkyl or cyclic N) is 1. The molecule has 1 saturated heterocycles. The largest absolute Gasteiger partial charge is 0.397 e. The number of nitrogens with zero attached hydrogens (tertiary/aromatic N) is 2. The first-order chi connectivity index (χ1) is 7.16. The number of piperidine rings is 1. The maximum absolute atomic E-state index is 9.56. The van der Waals surface area contributed by atoms with E-state index in [1.807, 2.05) is 6.07 Å². The highest BCUT2D eigenvalue weighted by molar-refractivity contribution is 9.10. The molecule has 0 saturated carbocycles. The van der Waals surface area contributed by atoms with E-state index in [9.17, 15) is 5.11 Å². The van der Waals surface area contributed by atoms with E-state index in [0.717, 1.165) is 29.7 Å². The Kier molecular flexibility index (Phi) is 3.11. The Morgan fingerprint density at radius 1 is 1.60 bits per heavy atom. The van der Waals surface area contributed by atoms with Gasteiger partial charge in [-0.05, 0) is 34.8 Å². The van der Waals surface area contributed by atoms with Crippen LogP contribution in [0.3, 0.4) is 0 Å². The van der Waals surface area contributed by atoms with Crippen molar-refractivity contribution in [2.45, 2.75) is 18.9 Å². The second kappa shape index (κ2) is 4.37. The van der Waals surface area contributed by atoms with Gasteiger partial charge in [0, 0.05) is 17.6 Å². The van der Waals surface area contributed by atoms with Gasteiger partial charge in [0.25, 0.3) is 0 Å². The molecule has 1 atom stereocenters.